The zero-order valence-electron chi connectivity index (χ0n) is 18.4. The van der Waals surface area contributed by atoms with Crippen molar-refractivity contribution >= 4 is 0 Å². The van der Waals surface area contributed by atoms with Crippen LogP contribution in [0.5, 0.6) is 11.5 Å². The highest BCUT2D eigenvalue weighted by Gasteiger charge is 2.36. The lowest BCUT2D eigenvalue weighted by molar-refractivity contribution is -0.275. The van der Waals surface area contributed by atoms with E-state index in [2.05, 4.69) is 16.4 Å². The minimum Gasteiger partial charge on any atom is -0.429 e. The predicted molar refractivity (Wildman–Crippen MR) is 113 cm³/mol. The van der Waals surface area contributed by atoms with Crippen molar-refractivity contribution in [3.8, 4) is 11.5 Å². The second kappa shape index (κ2) is 10.7. The summed E-state index contributed by atoms with van der Waals surface area (Å²) >= 11 is 0. The third kappa shape index (κ3) is 7.30. The fourth-order valence-electron chi connectivity index (χ4n) is 4.38. The molecule has 2 aromatic rings. The smallest absolute Gasteiger partial charge is 0.429 e. The van der Waals surface area contributed by atoms with Gasteiger partial charge in [0.25, 0.3) is 0 Å². The maximum atomic E-state index is 14.6. The van der Waals surface area contributed by atoms with E-state index >= 15 is 0 Å². The monoisotopic (exact) mass is 474 g/mol. The molecule has 0 aliphatic heterocycles. The molecule has 0 saturated heterocycles. The molecule has 1 aliphatic rings. The Balaban J connectivity index is 1.59. The van der Waals surface area contributed by atoms with Gasteiger partial charge < -0.3 is 9.47 Å². The van der Waals surface area contributed by atoms with Crippen LogP contribution in [0.3, 0.4) is 0 Å². The van der Waals surface area contributed by atoms with Crippen LogP contribution >= 0.6 is 0 Å². The number of hydrogen-bond acceptors (Lipinski definition) is 2. The van der Waals surface area contributed by atoms with Crippen LogP contribution in [-0.4, -0.2) is 6.36 Å². The Labute approximate surface area is 189 Å². The molecule has 0 amide bonds. The highest BCUT2D eigenvalue weighted by molar-refractivity contribution is 5.34. The van der Waals surface area contributed by atoms with Crippen molar-refractivity contribution in [1.82, 2.24) is 0 Å². The summed E-state index contributed by atoms with van der Waals surface area (Å²) in [5, 5.41) is 0. The molecule has 182 valence electrons. The Morgan fingerprint density at radius 1 is 0.848 bits per heavy atom. The molecule has 1 fully saturated rings. The van der Waals surface area contributed by atoms with Crippen molar-refractivity contribution < 1.29 is 35.8 Å². The first kappa shape index (κ1) is 25.2. The van der Waals surface area contributed by atoms with E-state index in [4.69, 9.17) is 0 Å². The third-order valence-corrected chi connectivity index (χ3v) is 6.16. The van der Waals surface area contributed by atoms with Gasteiger partial charge in [-0.3, -0.25) is 0 Å². The van der Waals surface area contributed by atoms with Crippen molar-refractivity contribution in [2.45, 2.75) is 76.7 Å². The third-order valence-electron chi connectivity index (χ3n) is 6.16. The van der Waals surface area contributed by atoms with Crippen LogP contribution in [0.25, 0.3) is 0 Å². The summed E-state index contributed by atoms with van der Waals surface area (Å²) in [4.78, 5) is 0. The van der Waals surface area contributed by atoms with Gasteiger partial charge in [0.2, 0.25) is 0 Å². The second-order valence-corrected chi connectivity index (χ2v) is 8.59. The average Bonchev–Trinajstić information content (AvgIpc) is 2.75. The molecule has 3 rings (SSSR count). The summed E-state index contributed by atoms with van der Waals surface area (Å²) in [5.41, 5.74) is 0.580. The standard InChI is InChI=1S/C25H28F6O2/c1-2-3-4-5-17-6-8-18(9-7-17)19-10-12-20(13-11-19)24(27,28)32-21-14-15-23(22(26)16-21)33-25(29,30)31/h10-18H,2-9H2,1H3. The highest BCUT2D eigenvalue weighted by atomic mass is 19.4. The van der Waals surface area contributed by atoms with Gasteiger partial charge in [0, 0.05) is 6.07 Å². The Hall–Kier alpha value is -2.38. The molecule has 1 aliphatic carbocycles. The van der Waals surface area contributed by atoms with E-state index in [0.717, 1.165) is 43.2 Å². The minimum absolute atomic E-state index is 0.339. The molecular formula is C25H28F6O2. The van der Waals surface area contributed by atoms with Gasteiger partial charge in [-0.1, -0.05) is 44.7 Å². The number of ether oxygens (including phenoxy) is 2. The van der Waals surface area contributed by atoms with Gasteiger partial charge in [-0.15, -0.1) is 13.2 Å². The predicted octanol–water partition coefficient (Wildman–Crippen LogP) is 8.71. The Morgan fingerprint density at radius 3 is 2.09 bits per heavy atom. The largest absolute Gasteiger partial charge is 0.573 e. The molecule has 0 spiro atoms. The molecule has 0 N–H and O–H groups in total. The molecule has 0 atom stereocenters. The van der Waals surface area contributed by atoms with Crippen LogP contribution < -0.4 is 9.47 Å². The van der Waals surface area contributed by atoms with Gasteiger partial charge in [-0.05, 0) is 67.3 Å². The van der Waals surface area contributed by atoms with Gasteiger partial charge in [0.05, 0.1) is 5.56 Å². The summed E-state index contributed by atoms with van der Waals surface area (Å²) in [6.45, 7) is 2.19. The van der Waals surface area contributed by atoms with Gasteiger partial charge in [-0.2, -0.15) is 8.78 Å². The highest BCUT2D eigenvalue weighted by Crippen LogP contribution is 2.39. The molecule has 0 aromatic heterocycles. The van der Waals surface area contributed by atoms with Crippen LogP contribution in [0.2, 0.25) is 0 Å². The van der Waals surface area contributed by atoms with E-state index in [1.807, 2.05) is 0 Å². The minimum atomic E-state index is -5.09. The number of rotatable bonds is 9. The normalized spacial score (nSPS) is 19.4. The van der Waals surface area contributed by atoms with Crippen LogP contribution in [0.1, 0.15) is 75.3 Å². The molecule has 2 nitrogen and oxygen atoms in total. The molecule has 0 radical (unpaired) electrons. The number of alkyl halides is 5. The van der Waals surface area contributed by atoms with E-state index in [1.54, 1.807) is 12.1 Å². The van der Waals surface area contributed by atoms with Crippen LogP contribution in [0.15, 0.2) is 42.5 Å². The Bertz CT molecular complexity index is 887. The first-order valence-corrected chi connectivity index (χ1v) is 11.3. The lowest BCUT2D eigenvalue weighted by Crippen LogP contribution is -2.22. The fraction of sp³-hybridized carbons (Fsp3) is 0.520. The summed E-state index contributed by atoms with van der Waals surface area (Å²) in [5.74, 6) is -2.11. The summed E-state index contributed by atoms with van der Waals surface area (Å²) in [6, 6.07) is 7.70. The van der Waals surface area contributed by atoms with E-state index in [9.17, 15) is 26.3 Å². The van der Waals surface area contributed by atoms with Gasteiger partial charge in [-0.25, -0.2) is 4.39 Å². The summed E-state index contributed by atoms with van der Waals surface area (Å²) < 4.78 is 87.7. The summed E-state index contributed by atoms with van der Waals surface area (Å²) in [6.07, 6.45) is 0.480. The maximum Gasteiger partial charge on any atom is 0.573 e. The second-order valence-electron chi connectivity index (χ2n) is 8.59. The molecule has 0 bridgehead atoms. The van der Waals surface area contributed by atoms with Gasteiger partial charge in [0.15, 0.2) is 11.6 Å². The quantitative estimate of drug-likeness (QED) is 0.267. The van der Waals surface area contributed by atoms with E-state index in [1.165, 1.54) is 37.8 Å². The zero-order valence-corrected chi connectivity index (χ0v) is 18.4. The Morgan fingerprint density at radius 2 is 1.52 bits per heavy atom. The molecule has 0 unspecified atom stereocenters. The van der Waals surface area contributed by atoms with Crippen molar-refractivity contribution in [2.24, 2.45) is 5.92 Å². The molecular weight excluding hydrogens is 446 g/mol. The zero-order chi connectivity index (χ0) is 24.1. The first-order valence-electron chi connectivity index (χ1n) is 11.3. The summed E-state index contributed by atoms with van der Waals surface area (Å²) in [7, 11) is 0. The number of hydrogen-bond donors (Lipinski definition) is 0. The van der Waals surface area contributed by atoms with E-state index in [-0.39, 0.29) is 0 Å². The van der Waals surface area contributed by atoms with Crippen LogP contribution in [-0.2, 0) is 6.11 Å². The van der Waals surface area contributed by atoms with Gasteiger partial charge in [0.1, 0.15) is 5.75 Å². The SMILES string of the molecule is CCCCCC1CCC(c2ccc(C(F)(F)Oc3ccc(OC(F)(F)F)c(F)c3)cc2)CC1. The first-order chi connectivity index (χ1) is 15.6. The van der Waals surface area contributed by atoms with Crippen molar-refractivity contribution in [3.05, 3.63) is 59.4 Å². The molecule has 8 heteroatoms. The van der Waals surface area contributed by atoms with Crippen molar-refractivity contribution in [3.63, 3.8) is 0 Å². The van der Waals surface area contributed by atoms with Crippen molar-refractivity contribution in [2.75, 3.05) is 0 Å². The van der Waals surface area contributed by atoms with Crippen LogP contribution in [0, 0.1) is 11.7 Å². The fourth-order valence-corrected chi connectivity index (χ4v) is 4.38. The number of unbranched alkanes of at least 4 members (excludes halogenated alkanes) is 2. The van der Waals surface area contributed by atoms with Crippen LogP contribution in [0.4, 0.5) is 26.3 Å². The van der Waals surface area contributed by atoms with Crippen molar-refractivity contribution in [1.29, 1.82) is 0 Å². The average molecular weight is 474 g/mol. The van der Waals surface area contributed by atoms with Gasteiger partial charge >= 0.3 is 12.5 Å². The van der Waals surface area contributed by atoms with E-state index < -0.39 is 35.4 Å². The molecule has 2 aromatic carbocycles. The topological polar surface area (TPSA) is 18.5 Å². The van der Waals surface area contributed by atoms with E-state index in [0.29, 0.717) is 18.1 Å². The number of benzene rings is 2. The lowest BCUT2D eigenvalue weighted by atomic mass is 9.77. The maximum absolute atomic E-state index is 14.6. The lowest BCUT2D eigenvalue weighted by Gasteiger charge is -2.29. The number of halogens is 6. The molecule has 33 heavy (non-hydrogen) atoms. The Kier molecular flexibility index (Phi) is 8.19. The molecule has 0 heterocycles. The molecule has 1 saturated carbocycles.